The molecule has 2 aromatic carbocycles. The standard InChI is InChI=1S/C17H19ClN2O/c1-3-11-20-17(12-7-9-13(21-2)10-8-12)14-5-4-6-15(18)16(14)19-20/h4-10,17,19H,3,11H2,1-2H3. The summed E-state index contributed by atoms with van der Waals surface area (Å²) in [6.45, 7) is 3.14. The summed E-state index contributed by atoms with van der Waals surface area (Å²) in [5, 5.41) is 3.02. The molecule has 0 spiro atoms. The molecule has 110 valence electrons. The van der Waals surface area contributed by atoms with Gasteiger partial charge in [0.15, 0.2) is 0 Å². The Balaban J connectivity index is 2.02. The maximum Gasteiger partial charge on any atom is 0.118 e. The average Bonchev–Trinajstić information content (AvgIpc) is 2.87. The van der Waals surface area contributed by atoms with Gasteiger partial charge in [-0.15, -0.1) is 0 Å². The number of para-hydroxylation sites is 1. The number of hydrogen-bond donors (Lipinski definition) is 1. The second-order valence-corrected chi connectivity index (χ2v) is 5.59. The molecule has 1 aliphatic rings. The van der Waals surface area contributed by atoms with E-state index < -0.39 is 0 Å². The lowest BCUT2D eigenvalue weighted by Gasteiger charge is -2.24. The Morgan fingerprint density at radius 1 is 1.19 bits per heavy atom. The molecule has 1 unspecified atom stereocenters. The number of halogens is 1. The monoisotopic (exact) mass is 302 g/mol. The highest BCUT2D eigenvalue weighted by atomic mass is 35.5. The molecular formula is C17H19ClN2O. The molecule has 1 aliphatic heterocycles. The van der Waals surface area contributed by atoms with Crippen LogP contribution in [0.3, 0.4) is 0 Å². The lowest BCUT2D eigenvalue weighted by Crippen LogP contribution is -2.29. The summed E-state index contributed by atoms with van der Waals surface area (Å²) in [5.74, 6) is 0.873. The summed E-state index contributed by atoms with van der Waals surface area (Å²) in [6, 6.07) is 14.5. The van der Waals surface area contributed by atoms with Gasteiger partial charge in [-0.05, 0) is 30.2 Å². The van der Waals surface area contributed by atoms with Crippen LogP contribution < -0.4 is 10.2 Å². The molecule has 0 fully saturated rings. The van der Waals surface area contributed by atoms with E-state index >= 15 is 0 Å². The predicted octanol–water partition coefficient (Wildman–Crippen LogP) is 4.49. The number of methoxy groups -OCH3 is 1. The Morgan fingerprint density at radius 2 is 1.95 bits per heavy atom. The number of ether oxygens (including phenoxy) is 1. The Bertz CT molecular complexity index is 627. The summed E-state index contributed by atoms with van der Waals surface area (Å²) in [6.07, 6.45) is 1.07. The minimum atomic E-state index is 0.185. The first-order valence-corrected chi connectivity index (χ1v) is 7.58. The lowest BCUT2D eigenvalue weighted by atomic mass is 9.98. The lowest BCUT2D eigenvalue weighted by molar-refractivity contribution is 0.296. The third kappa shape index (κ3) is 2.59. The summed E-state index contributed by atoms with van der Waals surface area (Å²) in [4.78, 5) is 0. The van der Waals surface area contributed by atoms with Gasteiger partial charge in [0.2, 0.25) is 0 Å². The van der Waals surface area contributed by atoms with Crippen LogP contribution in [0.4, 0.5) is 5.69 Å². The molecule has 0 bridgehead atoms. The molecule has 1 heterocycles. The molecule has 1 N–H and O–H groups in total. The van der Waals surface area contributed by atoms with Crippen molar-refractivity contribution in [1.29, 1.82) is 0 Å². The van der Waals surface area contributed by atoms with E-state index in [1.165, 1.54) is 11.1 Å². The zero-order valence-corrected chi connectivity index (χ0v) is 13.0. The quantitative estimate of drug-likeness (QED) is 0.900. The van der Waals surface area contributed by atoms with Crippen molar-refractivity contribution >= 4 is 17.3 Å². The van der Waals surface area contributed by atoms with Gasteiger partial charge in [0.05, 0.1) is 23.9 Å². The van der Waals surface area contributed by atoms with E-state index in [0.29, 0.717) is 0 Å². The van der Waals surface area contributed by atoms with Crippen LogP contribution in [0.15, 0.2) is 42.5 Å². The van der Waals surface area contributed by atoms with Crippen molar-refractivity contribution in [2.45, 2.75) is 19.4 Å². The van der Waals surface area contributed by atoms with E-state index in [0.717, 1.165) is 29.4 Å². The van der Waals surface area contributed by atoms with Crippen LogP contribution in [-0.2, 0) is 0 Å². The van der Waals surface area contributed by atoms with Crippen molar-refractivity contribution in [2.75, 3.05) is 19.1 Å². The fourth-order valence-electron chi connectivity index (χ4n) is 2.83. The van der Waals surface area contributed by atoms with Crippen molar-refractivity contribution in [3.63, 3.8) is 0 Å². The zero-order chi connectivity index (χ0) is 14.8. The van der Waals surface area contributed by atoms with E-state index in [1.807, 2.05) is 24.3 Å². The molecular weight excluding hydrogens is 284 g/mol. The van der Waals surface area contributed by atoms with Crippen LogP contribution in [0.2, 0.25) is 5.02 Å². The average molecular weight is 303 g/mol. The number of hydrogen-bond acceptors (Lipinski definition) is 3. The molecule has 0 amide bonds. The normalized spacial score (nSPS) is 17.4. The highest BCUT2D eigenvalue weighted by Crippen LogP contribution is 2.43. The van der Waals surface area contributed by atoms with Crippen molar-refractivity contribution < 1.29 is 4.74 Å². The first kappa shape index (κ1) is 14.2. The van der Waals surface area contributed by atoms with Gasteiger partial charge >= 0.3 is 0 Å². The molecule has 21 heavy (non-hydrogen) atoms. The molecule has 0 radical (unpaired) electrons. The molecule has 3 nitrogen and oxygen atoms in total. The Kier molecular flexibility index (Phi) is 4.04. The van der Waals surface area contributed by atoms with Gasteiger partial charge in [-0.25, -0.2) is 5.01 Å². The van der Waals surface area contributed by atoms with Gasteiger partial charge in [0, 0.05) is 12.1 Å². The van der Waals surface area contributed by atoms with Crippen molar-refractivity contribution in [1.82, 2.24) is 5.01 Å². The van der Waals surface area contributed by atoms with Crippen molar-refractivity contribution in [3.8, 4) is 5.75 Å². The first-order valence-electron chi connectivity index (χ1n) is 7.20. The zero-order valence-electron chi connectivity index (χ0n) is 12.3. The summed E-state index contributed by atoms with van der Waals surface area (Å²) >= 11 is 6.33. The van der Waals surface area contributed by atoms with Gasteiger partial charge in [-0.3, -0.25) is 0 Å². The highest BCUT2D eigenvalue weighted by molar-refractivity contribution is 6.33. The van der Waals surface area contributed by atoms with Gasteiger partial charge in [-0.2, -0.15) is 0 Å². The van der Waals surface area contributed by atoms with Crippen LogP contribution in [0.5, 0.6) is 5.75 Å². The minimum Gasteiger partial charge on any atom is -0.497 e. The second kappa shape index (κ2) is 5.96. The van der Waals surface area contributed by atoms with Crippen LogP contribution in [-0.4, -0.2) is 18.7 Å². The third-order valence-electron chi connectivity index (χ3n) is 3.80. The SMILES string of the molecule is CCCN1Nc2c(Cl)cccc2C1c1ccc(OC)cc1. The van der Waals surface area contributed by atoms with Crippen molar-refractivity contribution in [3.05, 3.63) is 58.6 Å². The molecule has 3 rings (SSSR count). The fraction of sp³-hybridized carbons (Fsp3) is 0.294. The van der Waals surface area contributed by atoms with E-state index in [2.05, 4.69) is 35.6 Å². The number of rotatable bonds is 4. The Labute approximate surface area is 130 Å². The minimum absolute atomic E-state index is 0.185. The number of fused-ring (bicyclic) bond motifs is 1. The molecule has 0 saturated carbocycles. The van der Waals surface area contributed by atoms with E-state index in [9.17, 15) is 0 Å². The third-order valence-corrected chi connectivity index (χ3v) is 4.12. The van der Waals surface area contributed by atoms with E-state index in [1.54, 1.807) is 7.11 Å². The fourth-order valence-corrected chi connectivity index (χ4v) is 3.06. The van der Waals surface area contributed by atoms with Crippen LogP contribution in [0.1, 0.15) is 30.5 Å². The number of nitrogens with zero attached hydrogens (tertiary/aromatic N) is 1. The summed E-state index contributed by atoms with van der Waals surface area (Å²) in [7, 11) is 1.69. The van der Waals surface area contributed by atoms with E-state index in [-0.39, 0.29) is 6.04 Å². The maximum absolute atomic E-state index is 6.33. The second-order valence-electron chi connectivity index (χ2n) is 5.18. The summed E-state index contributed by atoms with van der Waals surface area (Å²) in [5.41, 5.74) is 6.93. The van der Waals surface area contributed by atoms with Gasteiger partial charge in [0.25, 0.3) is 0 Å². The van der Waals surface area contributed by atoms with Crippen LogP contribution in [0.25, 0.3) is 0 Å². The number of hydrazine groups is 1. The smallest absolute Gasteiger partial charge is 0.118 e. The predicted molar refractivity (Wildman–Crippen MR) is 86.9 cm³/mol. The van der Waals surface area contributed by atoms with Crippen LogP contribution in [0, 0.1) is 0 Å². The molecule has 1 atom stereocenters. The highest BCUT2D eigenvalue weighted by Gasteiger charge is 2.31. The number of nitrogens with one attached hydrogen (secondary N) is 1. The maximum atomic E-state index is 6.33. The summed E-state index contributed by atoms with van der Waals surface area (Å²) < 4.78 is 5.24. The van der Waals surface area contributed by atoms with E-state index in [4.69, 9.17) is 16.3 Å². The Morgan fingerprint density at radius 3 is 2.62 bits per heavy atom. The molecule has 0 aromatic heterocycles. The number of benzene rings is 2. The van der Waals surface area contributed by atoms with Gasteiger partial charge < -0.3 is 10.2 Å². The first-order chi connectivity index (χ1) is 10.2. The van der Waals surface area contributed by atoms with Gasteiger partial charge in [-0.1, -0.05) is 42.8 Å². The molecule has 0 saturated heterocycles. The molecule has 2 aromatic rings. The van der Waals surface area contributed by atoms with Gasteiger partial charge in [0.1, 0.15) is 5.75 Å². The number of anilines is 1. The topological polar surface area (TPSA) is 24.5 Å². The Hall–Kier alpha value is -1.71. The largest absolute Gasteiger partial charge is 0.497 e. The molecule has 4 heteroatoms. The van der Waals surface area contributed by atoms with Crippen molar-refractivity contribution in [2.24, 2.45) is 0 Å². The molecule has 0 aliphatic carbocycles. The van der Waals surface area contributed by atoms with Crippen LogP contribution >= 0.6 is 11.6 Å².